The van der Waals surface area contributed by atoms with E-state index in [-0.39, 0.29) is 23.8 Å². The molecule has 2 aromatic carbocycles. The number of amides is 1. The van der Waals surface area contributed by atoms with Gasteiger partial charge in [0, 0.05) is 5.39 Å². The number of benzene rings is 2. The maximum absolute atomic E-state index is 13.0. The van der Waals surface area contributed by atoms with E-state index in [0.29, 0.717) is 10.8 Å². The fourth-order valence-corrected chi connectivity index (χ4v) is 3.04. The first kappa shape index (κ1) is 20.3. The largest absolute Gasteiger partial charge is 0.463 e. The molecule has 0 aliphatic heterocycles. The van der Waals surface area contributed by atoms with Crippen molar-refractivity contribution in [1.29, 1.82) is 0 Å². The van der Waals surface area contributed by atoms with Crippen LogP contribution in [0.15, 0.2) is 53.3 Å². The Balaban J connectivity index is 1.92. The third-order valence-electron chi connectivity index (χ3n) is 4.43. The zero-order valence-electron chi connectivity index (χ0n) is 16.6. The number of aromatic amines is 1. The fraction of sp³-hybridized carbons (Fsp3) is 0.273. The molecule has 7 heteroatoms. The molecular weight excluding hydrogens is 370 g/mol. The van der Waals surface area contributed by atoms with Gasteiger partial charge in [0.25, 0.3) is 11.5 Å². The molecule has 1 heterocycles. The Morgan fingerprint density at radius 3 is 2.38 bits per heavy atom. The Morgan fingerprint density at radius 1 is 1.07 bits per heavy atom. The summed E-state index contributed by atoms with van der Waals surface area (Å²) < 4.78 is 5.25. The highest BCUT2D eigenvalue weighted by atomic mass is 16.5. The lowest BCUT2D eigenvalue weighted by Gasteiger charge is -2.20. The average Bonchev–Trinajstić information content (AvgIpc) is 2.68. The lowest BCUT2D eigenvalue weighted by molar-refractivity contribution is -0.147. The number of fused-ring (bicyclic) bond motifs is 1. The quantitative estimate of drug-likeness (QED) is 0.627. The SMILES string of the molecule is Cc1ccc(C(CC(=O)OC(C)C)NC(=O)c2n[nH]c(=O)c3ccccc23)cc1. The molecule has 0 saturated carbocycles. The molecule has 3 aromatic rings. The van der Waals surface area contributed by atoms with Gasteiger partial charge in [0.2, 0.25) is 0 Å². The van der Waals surface area contributed by atoms with Crippen LogP contribution in [0.4, 0.5) is 0 Å². The molecule has 0 saturated heterocycles. The molecule has 1 unspecified atom stereocenters. The predicted octanol–water partition coefficient (Wildman–Crippen LogP) is 3.04. The van der Waals surface area contributed by atoms with Crippen LogP contribution >= 0.6 is 0 Å². The van der Waals surface area contributed by atoms with E-state index in [4.69, 9.17) is 4.74 Å². The van der Waals surface area contributed by atoms with Crippen LogP contribution in [0.3, 0.4) is 0 Å². The first-order valence-electron chi connectivity index (χ1n) is 9.39. The Bertz CT molecular complexity index is 1090. The number of hydrogen-bond acceptors (Lipinski definition) is 5. The molecule has 0 radical (unpaired) electrons. The third kappa shape index (κ3) is 4.87. The summed E-state index contributed by atoms with van der Waals surface area (Å²) in [6, 6.07) is 13.7. The lowest BCUT2D eigenvalue weighted by atomic mass is 10.0. The minimum absolute atomic E-state index is 0.0196. The van der Waals surface area contributed by atoms with Gasteiger partial charge in [0.15, 0.2) is 5.69 Å². The van der Waals surface area contributed by atoms with Crippen molar-refractivity contribution >= 4 is 22.6 Å². The van der Waals surface area contributed by atoms with E-state index in [0.717, 1.165) is 11.1 Å². The van der Waals surface area contributed by atoms with Gasteiger partial charge in [-0.15, -0.1) is 0 Å². The predicted molar refractivity (Wildman–Crippen MR) is 110 cm³/mol. The number of nitrogens with one attached hydrogen (secondary N) is 2. The van der Waals surface area contributed by atoms with Crippen LogP contribution in [0.1, 0.15) is 47.9 Å². The molecule has 0 bridgehead atoms. The van der Waals surface area contributed by atoms with Crippen molar-refractivity contribution in [3.05, 3.63) is 75.7 Å². The topological polar surface area (TPSA) is 101 Å². The van der Waals surface area contributed by atoms with Crippen LogP contribution in [0.2, 0.25) is 0 Å². The van der Waals surface area contributed by atoms with Gasteiger partial charge in [0.1, 0.15) is 0 Å². The lowest BCUT2D eigenvalue weighted by Crippen LogP contribution is -2.32. The number of carbonyl (C=O) groups excluding carboxylic acids is 2. The van der Waals surface area contributed by atoms with Gasteiger partial charge in [0.05, 0.1) is 24.0 Å². The number of carbonyl (C=O) groups is 2. The number of H-pyrrole nitrogens is 1. The normalized spacial score (nSPS) is 12.0. The number of nitrogens with zero attached hydrogens (tertiary/aromatic N) is 1. The zero-order chi connectivity index (χ0) is 21.0. The Hall–Kier alpha value is -3.48. The molecule has 1 amide bonds. The Morgan fingerprint density at radius 2 is 1.72 bits per heavy atom. The molecule has 150 valence electrons. The molecule has 2 N–H and O–H groups in total. The van der Waals surface area contributed by atoms with Crippen LogP contribution in [0, 0.1) is 6.92 Å². The molecule has 0 fully saturated rings. The van der Waals surface area contributed by atoms with E-state index in [1.165, 1.54) is 0 Å². The molecule has 7 nitrogen and oxygen atoms in total. The van der Waals surface area contributed by atoms with E-state index in [9.17, 15) is 14.4 Å². The summed E-state index contributed by atoms with van der Waals surface area (Å²) in [4.78, 5) is 37.2. The molecule has 29 heavy (non-hydrogen) atoms. The number of rotatable bonds is 6. The smallest absolute Gasteiger partial charge is 0.308 e. The second-order valence-corrected chi connectivity index (χ2v) is 7.13. The van der Waals surface area contributed by atoms with Crippen molar-refractivity contribution in [2.75, 3.05) is 0 Å². The van der Waals surface area contributed by atoms with Gasteiger partial charge >= 0.3 is 5.97 Å². The van der Waals surface area contributed by atoms with Crippen molar-refractivity contribution in [3.63, 3.8) is 0 Å². The van der Waals surface area contributed by atoms with Gasteiger partial charge in [-0.3, -0.25) is 14.4 Å². The summed E-state index contributed by atoms with van der Waals surface area (Å²) in [6.45, 7) is 5.50. The number of esters is 1. The molecule has 0 spiro atoms. The fourth-order valence-electron chi connectivity index (χ4n) is 3.04. The van der Waals surface area contributed by atoms with Crippen molar-refractivity contribution in [2.24, 2.45) is 0 Å². The summed E-state index contributed by atoms with van der Waals surface area (Å²) >= 11 is 0. The first-order chi connectivity index (χ1) is 13.8. The number of hydrogen-bond donors (Lipinski definition) is 2. The monoisotopic (exact) mass is 393 g/mol. The number of aryl methyl sites for hydroxylation is 1. The van der Waals surface area contributed by atoms with Crippen LogP contribution in [0.25, 0.3) is 10.8 Å². The minimum Gasteiger partial charge on any atom is -0.463 e. The van der Waals surface area contributed by atoms with E-state index >= 15 is 0 Å². The standard InChI is InChI=1S/C22H23N3O4/c1-13(2)29-19(26)12-18(15-10-8-14(3)9-11-15)23-22(28)20-16-6-4-5-7-17(16)21(27)25-24-20/h4-11,13,18H,12H2,1-3H3,(H,23,28)(H,25,27). The van der Waals surface area contributed by atoms with Gasteiger partial charge in [-0.25, -0.2) is 5.10 Å². The molecule has 0 aliphatic rings. The maximum Gasteiger partial charge on any atom is 0.308 e. The number of aromatic nitrogens is 2. The highest BCUT2D eigenvalue weighted by Gasteiger charge is 2.23. The zero-order valence-corrected chi connectivity index (χ0v) is 16.6. The second-order valence-electron chi connectivity index (χ2n) is 7.13. The van der Waals surface area contributed by atoms with Crippen molar-refractivity contribution in [3.8, 4) is 0 Å². The summed E-state index contributed by atoms with van der Waals surface area (Å²) in [6.07, 6.45) is -0.268. The molecule has 1 atom stereocenters. The number of ether oxygens (including phenoxy) is 1. The highest BCUT2D eigenvalue weighted by Crippen LogP contribution is 2.20. The van der Waals surface area contributed by atoms with E-state index in [1.54, 1.807) is 38.1 Å². The van der Waals surface area contributed by atoms with E-state index in [2.05, 4.69) is 15.5 Å². The summed E-state index contributed by atoms with van der Waals surface area (Å²) in [7, 11) is 0. The summed E-state index contributed by atoms with van der Waals surface area (Å²) in [5, 5.41) is 9.96. The molecular formula is C22H23N3O4. The van der Waals surface area contributed by atoms with E-state index in [1.807, 2.05) is 31.2 Å². The van der Waals surface area contributed by atoms with Crippen molar-refractivity contribution < 1.29 is 14.3 Å². The van der Waals surface area contributed by atoms with Crippen LogP contribution in [0.5, 0.6) is 0 Å². The van der Waals surface area contributed by atoms with Crippen LogP contribution < -0.4 is 10.9 Å². The first-order valence-corrected chi connectivity index (χ1v) is 9.39. The van der Waals surface area contributed by atoms with Gasteiger partial charge in [-0.2, -0.15) is 5.10 Å². The third-order valence-corrected chi connectivity index (χ3v) is 4.43. The van der Waals surface area contributed by atoms with Crippen molar-refractivity contribution in [2.45, 2.75) is 39.3 Å². The minimum atomic E-state index is -0.596. The maximum atomic E-state index is 13.0. The van der Waals surface area contributed by atoms with Gasteiger partial charge in [-0.05, 0) is 32.4 Å². The Kier molecular flexibility index (Phi) is 6.07. The molecule has 0 aliphatic carbocycles. The molecule has 3 rings (SSSR count). The summed E-state index contributed by atoms with van der Waals surface area (Å²) in [5.41, 5.74) is 1.57. The second kappa shape index (κ2) is 8.68. The van der Waals surface area contributed by atoms with Crippen LogP contribution in [-0.2, 0) is 9.53 Å². The van der Waals surface area contributed by atoms with Gasteiger partial charge in [-0.1, -0.05) is 48.0 Å². The Labute approximate surface area is 168 Å². The van der Waals surface area contributed by atoms with Gasteiger partial charge < -0.3 is 10.1 Å². The van der Waals surface area contributed by atoms with Crippen LogP contribution in [-0.4, -0.2) is 28.2 Å². The van der Waals surface area contributed by atoms with Crippen molar-refractivity contribution in [1.82, 2.24) is 15.5 Å². The highest BCUT2D eigenvalue weighted by molar-refractivity contribution is 6.04. The summed E-state index contributed by atoms with van der Waals surface area (Å²) in [5.74, 6) is -0.898. The average molecular weight is 393 g/mol. The molecule has 1 aromatic heterocycles. The van der Waals surface area contributed by atoms with E-state index < -0.39 is 17.9 Å².